The summed E-state index contributed by atoms with van der Waals surface area (Å²) < 4.78 is 5.17. The number of unbranched alkanes of at least 4 members (excludes halogenated alkanes) is 4. The Hall–Kier alpha value is -1.12. The van der Waals surface area contributed by atoms with Gasteiger partial charge < -0.3 is 4.74 Å². The number of carbonyl (C=O) groups excluding carboxylic acids is 2. The van der Waals surface area contributed by atoms with Gasteiger partial charge in [-0.25, -0.2) is 0 Å². The van der Waals surface area contributed by atoms with Crippen molar-refractivity contribution in [3.63, 3.8) is 0 Å². The van der Waals surface area contributed by atoms with E-state index in [0.717, 1.165) is 18.4 Å². The summed E-state index contributed by atoms with van der Waals surface area (Å²) >= 11 is 0. The Labute approximate surface area is 122 Å². The molecule has 0 saturated carbocycles. The SMILES string of the molecule is CCCCCCC[C@H]1CC(=O)C=C(C)[C@@H]1C(=O)OCC. The Morgan fingerprint density at radius 3 is 2.60 bits per heavy atom. The van der Waals surface area contributed by atoms with Crippen molar-refractivity contribution >= 4 is 11.8 Å². The molecule has 0 radical (unpaired) electrons. The molecule has 3 nitrogen and oxygen atoms in total. The van der Waals surface area contributed by atoms with Crippen LogP contribution in [0.3, 0.4) is 0 Å². The standard InChI is InChI=1S/C17H28O3/c1-4-6-7-8-9-10-14-12-15(18)11-13(3)16(14)17(19)20-5-2/h11,14,16H,4-10,12H2,1-3H3/t14-,16-/m0/s1. The summed E-state index contributed by atoms with van der Waals surface area (Å²) in [5.74, 6) is -0.0825. The molecule has 0 unspecified atom stereocenters. The fourth-order valence-electron chi connectivity index (χ4n) is 3.04. The molecule has 0 saturated heterocycles. The third kappa shape index (κ3) is 5.10. The molecule has 3 heteroatoms. The van der Waals surface area contributed by atoms with E-state index < -0.39 is 0 Å². The van der Waals surface area contributed by atoms with Crippen LogP contribution in [0.15, 0.2) is 11.6 Å². The molecule has 0 bridgehead atoms. The van der Waals surface area contributed by atoms with Crippen molar-refractivity contribution in [3.05, 3.63) is 11.6 Å². The van der Waals surface area contributed by atoms with E-state index in [2.05, 4.69) is 6.92 Å². The van der Waals surface area contributed by atoms with Crippen LogP contribution in [0.25, 0.3) is 0 Å². The fraction of sp³-hybridized carbons (Fsp3) is 0.765. The molecule has 114 valence electrons. The van der Waals surface area contributed by atoms with Crippen LogP contribution in [0.4, 0.5) is 0 Å². The highest BCUT2D eigenvalue weighted by Gasteiger charge is 2.35. The fourth-order valence-corrected chi connectivity index (χ4v) is 3.04. The van der Waals surface area contributed by atoms with Gasteiger partial charge in [0.1, 0.15) is 0 Å². The minimum Gasteiger partial charge on any atom is -0.466 e. The molecule has 0 aromatic carbocycles. The first-order chi connectivity index (χ1) is 9.60. The van der Waals surface area contributed by atoms with Gasteiger partial charge in [-0.3, -0.25) is 9.59 Å². The van der Waals surface area contributed by atoms with Gasteiger partial charge in [0.05, 0.1) is 12.5 Å². The molecule has 0 amide bonds. The largest absolute Gasteiger partial charge is 0.466 e. The molecule has 0 heterocycles. The van der Waals surface area contributed by atoms with Crippen LogP contribution in [-0.4, -0.2) is 18.4 Å². The van der Waals surface area contributed by atoms with Crippen LogP contribution >= 0.6 is 0 Å². The van der Waals surface area contributed by atoms with Crippen molar-refractivity contribution in [2.24, 2.45) is 11.8 Å². The monoisotopic (exact) mass is 280 g/mol. The zero-order valence-corrected chi connectivity index (χ0v) is 13.1. The van der Waals surface area contributed by atoms with E-state index in [1.54, 1.807) is 6.08 Å². The number of ketones is 1. The zero-order valence-electron chi connectivity index (χ0n) is 13.1. The number of allylic oxidation sites excluding steroid dienone is 1. The van der Waals surface area contributed by atoms with Gasteiger partial charge in [-0.2, -0.15) is 0 Å². The summed E-state index contributed by atoms with van der Waals surface area (Å²) in [5, 5.41) is 0. The maximum Gasteiger partial charge on any atom is 0.313 e. The summed E-state index contributed by atoms with van der Waals surface area (Å²) in [6.07, 6.45) is 9.10. The molecule has 0 aromatic heterocycles. The van der Waals surface area contributed by atoms with Crippen molar-refractivity contribution in [2.75, 3.05) is 6.61 Å². The van der Waals surface area contributed by atoms with E-state index in [4.69, 9.17) is 4.74 Å². The third-order valence-electron chi connectivity index (χ3n) is 4.03. The maximum atomic E-state index is 12.1. The first-order valence-corrected chi connectivity index (χ1v) is 7.97. The lowest BCUT2D eigenvalue weighted by Gasteiger charge is -2.29. The number of hydrogen-bond donors (Lipinski definition) is 0. The van der Waals surface area contributed by atoms with Crippen LogP contribution in [-0.2, 0) is 14.3 Å². The van der Waals surface area contributed by atoms with Gasteiger partial charge in [0, 0.05) is 6.42 Å². The molecule has 1 rings (SSSR count). The summed E-state index contributed by atoms with van der Waals surface area (Å²) in [6, 6.07) is 0. The number of rotatable bonds is 8. The third-order valence-corrected chi connectivity index (χ3v) is 4.03. The second kappa shape index (κ2) is 8.93. The lowest BCUT2D eigenvalue weighted by Crippen LogP contribution is -2.32. The molecular weight excluding hydrogens is 252 g/mol. The minimum atomic E-state index is -0.209. The first kappa shape index (κ1) is 16.9. The van der Waals surface area contributed by atoms with Crippen molar-refractivity contribution < 1.29 is 14.3 Å². The van der Waals surface area contributed by atoms with E-state index in [1.165, 1.54) is 25.7 Å². The average Bonchev–Trinajstić information content (AvgIpc) is 2.38. The summed E-state index contributed by atoms with van der Waals surface area (Å²) in [5.41, 5.74) is 0.873. The molecule has 1 aliphatic rings. The van der Waals surface area contributed by atoms with E-state index in [9.17, 15) is 9.59 Å². The highest BCUT2D eigenvalue weighted by atomic mass is 16.5. The average molecular weight is 280 g/mol. The van der Waals surface area contributed by atoms with Crippen LogP contribution in [0.5, 0.6) is 0 Å². The van der Waals surface area contributed by atoms with Gasteiger partial charge >= 0.3 is 5.97 Å². The highest BCUT2D eigenvalue weighted by Crippen LogP contribution is 2.33. The van der Waals surface area contributed by atoms with E-state index >= 15 is 0 Å². The van der Waals surface area contributed by atoms with Gasteiger partial charge in [-0.05, 0) is 32.3 Å². The molecule has 0 aliphatic heterocycles. The zero-order chi connectivity index (χ0) is 15.0. The van der Waals surface area contributed by atoms with Crippen LogP contribution < -0.4 is 0 Å². The molecule has 1 aliphatic carbocycles. The maximum absolute atomic E-state index is 12.1. The number of carbonyl (C=O) groups is 2. The van der Waals surface area contributed by atoms with Crippen molar-refractivity contribution in [1.29, 1.82) is 0 Å². The molecule has 0 fully saturated rings. The van der Waals surface area contributed by atoms with Gasteiger partial charge in [0.25, 0.3) is 0 Å². The van der Waals surface area contributed by atoms with E-state index in [1.807, 2.05) is 13.8 Å². The Balaban J connectivity index is 2.58. The van der Waals surface area contributed by atoms with Crippen molar-refractivity contribution in [2.45, 2.75) is 65.7 Å². The molecule has 20 heavy (non-hydrogen) atoms. The van der Waals surface area contributed by atoms with Gasteiger partial charge in [0.2, 0.25) is 0 Å². The normalized spacial score (nSPS) is 22.6. The molecule has 0 aromatic rings. The number of ether oxygens (including phenoxy) is 1. The van der Waals surface area contributed by atoms with Crippen molar-refractivity contribution in [1.82, 2.24) is 0 Å². The molecule has 0 spiro atoms. The first-order valence-electron chi connectivity index (χ1n) is 7.97. The van der Waals surface area contributed by atoms with Gasteiger partial charge in [-0.1, -0.05) is 44.6 Å². The smallest absolute Gasteiger partial charge is 0.313 e. The lowest BCUT2D eigenvalue weighted by molar-refractivity contribution is -0.149. The molecule has 0 N–H and O–H groups in total. The topological polar surface area (TPSA) is 43.4 Å². The van der Waals surface area contributed by atoms with Crippen LogP contribution in [0, 0.1) is 11.8 Å². The minimum absolute atomic E-state index is 0.133. The molecular formula is C17H28O3. The Kier molecular flexibility index (Phi) is 7.56. The van der Waals surface area contributed by atoms with Gasteiger partial charge in [-0.15, -0.1) is 0 Å². The second-order valence-corrected chi connectivity index (χ2v) is 5.75. The lowest BCUT2D eigenvalue weighted by atomic mass is 9.76. The predicted octanol–water partition coefficient (Wildman–Crippen LogP) is 4.06. The van der Waals surface area contributed by atoms with Crippen molar-refractivity contribution in [3.8, 4) is 0 Å². The van der Waals surface area contributed by atoms with E-state index in [-0.39, 0.29) is 23.6 Å². The highest BCUT2D eigenvalue weighted by molar-refractivity contribution is 5.94. The van der Waals surface area contributed by atoms with Gasteiger partial charge in [0.15, 0.2) is 5.78 Å². The predicted molar refractivity (Wildman–Crippen MR) is 80.4 cm³/mol. The van der Waals surface area contributed by atoms with Crippen LogP contribution in [0.1, 0.15) is 65.7 Å². The summed E-state index contributed by atoms with van der Waals surface area (Å²) in [4.78, 5) is 23.8. The summed E-state index contributed by atoms with van der Waals surface area (Å²) in [7, 11) is 0. The molecule has 2 atom stereocenters. The number of esters is 1. The second-order valence-electron chi connectivity index (χ2n) is 5.75. The quantitative estimate of drug-likeness (QED) is 0.497. The van der Waals surface area contributed by atoms with Crippen LogP contribution in [0.2, 0.25) is 0 Å². The number of hydrogen-bond acceptors (Lipinski definition) is 3. The Bertz CT molecular complexity index is 357. The van der Waals surface area contributed by atoms with E-state index in [0.29, 0.717) is 13.0 Å². The summed E-state index contributed by atoms with van der Waals surface area (Å²) in [6.45, 7) is 6.30. The Morgan fingerprint density at radius 2 is 1.95 bits per heavy atom. The Morgan fingerprint density at radius 1 is 1.25 bits per heavy atom.